The highest BCUT2D eigenvalue weighted by atomic mass is 32.2. The Balaban J connectivity index is 1.68. The van der Waals surface area contributed by atoms with Crippen molar-refractivity contribution < 1.29 is 17.9 Å². The van der Waals surface area contributed by atoms with Crippen LogP contribution in [0.15, 0.2) is 83.8 Å². The van der Waals surface area contributed by atoms with E-state index in [2.05, 4.69) is 5.32 Å². The van der Waals surface area contributed by atoms with Crippen molar-refractivity contribution in [1.29, 1.82) is 0 Å². The van der Waals surface area contributed by atoms with Crippen molar-refractivity contribution in [2.24, 2.45) is 0 Å². The molecule has 0 spiro atoms. The molecule has 0 aliphatic rings. The fourth-order valence-corrected chi connectivity index (χ4v) is 5.07. The highest BCUT2D eigenvalue weighted by molar-refractivity contribution is 7.92. The zero-order valence-electron chi connectivity index (χ0n) is 19.0. The summed E-state index contributed by atoms with van der Waals surface area (Å²) in [5.74, 6) is 0.502. The number of rotatable bonds is 11. The van der Waals surface area contributed by atoms with Gasteiger partial charge in [-0.15, -0.1) is 0 Å². The van der Waals surface area contributed by atoms with Crippen LogP contribution < -0.4 is 14.4 Å². The Morgan fingerprint density at radius 3 is 2.33 bits per heavy atom. The second kappa shape index (κ2) is 11.5. The molecule has 1 N–H and O–H groups in total. The lowest BCUT2D eigenvalue weighted by molar-refractivity contribution is -0.119. The van der Waals surface area contributed by atoms with Crippen LogP contribution in [-0.2, 0) is 21.2 Å². The van der Waals surface area contributed by atoms with Gasteiger partial charge in [0.15, 0.2) is 0 Å². The first kappa shape index (κ1) is 24.3. The maximum Gasteiger partial charge on any atom is 0.264 e. The summed E-state index contributed by atoms with van der Waals surface area (Å²) in [7, 11) is -3.90. The van der Waals surface area contributed by atoms with Gasteiger partial charge in [-0.1, -0.05) is 54.6 Å². The molecule has 0 fully saturated rings. The quantitative estimate of drug-likeness (QED) is 0.427. The van der Waals surface area contributed by atoms with E-state index in [-0.39, 0.29) is 17.3 Å². The van der Waals surface area contributed by atoms with Gasteiger partial charge in [-0.2, -0.15) is 0 Å². The standard InChI is InChI=1S/C26H30N2O4S/c1-3-32-25-18-10-8-13-22(25)14-11-19-27-26(29)20-28(24-17-9-7-12-21(24)2)33(30,31)23-15-5-4-6-16-23/h4-10,12-13,15-18H,3,11,14,19-20H2,1-2H3,(H,27,29). The number of sulfonamides is 1. The summed E-state index contributed by atoms with van der Waals surface area (Å²) in [6, 6.07) is 23.2. The topological polar surface area (TPSA) is 75.7 Å². The monoisotopic (exact) mass is 466 g/mol. The molecule has 3 aromatic rings. The van der Waals surface area contributed by atoms with Gasteiger partial charge in [0, 0.05) is 6.54 Å². The Kier molecular flexibility index (Phi) is 8.49. The molecule has 0 aliphatic carbocycles. The number of aryl methyl sites for hydroxylation is 2. The van der Waals surface area contributed by atoms with E-state index in [4.69, 9.17) is 4.74 Å². The molecule has 0 unspecified atom stereocenters. The summed E-state index contributed by atoms with van der Waals surface area (Å²) in [4.78, 5) is 12.9. The van der Waals surface area contributed by atoms with Gasteiger partial charge < -0.3 is 10.1 Å². The van der Waals surface area contributed by atoms with Crippen molar-refractivity contribution in [2.45, 2.75) is 31.6 Å². The fourth-order valence-electron chi connectivity index (χ4n) is 3.56. The lowest BCUT2D eigenvalue weighted by Crippen LogP contribution is -2.41. The minimum absolute atomic E-state index is 0.147. The number of hydrogen-bond acceptors (Lipinski definition) is 4. The first-order chi connectivity index (χ1) is 15.9. The normalized spacial score (nSPS) is 11.1. The van der Waals surface area contributed by atoms with Crippen molar-refractivity contribution in [3.63, 3.8) is 0 Å². The van der Waals surface area contributed by atoms with E-state index in [9.17, 15) is 13.2 Å². The van der Waals surface area contributed by atoms with Crippen LogP contribution in [0.4, 0.5) is 5.69 Å². The molecule has 6 nitrogen and oxygen atoms in total. The van der Waals surface area contributed by atoms with Crippen molar-refractivity contribution in [3.05, 3.63) is 90.0 Å². The van der Waals surface area contributed by atoms with Gasteiger partial charge in [0.1, 0.15) is 12.3 Å². The summed E-state index contributed by atoms with van der Waals surface area (Å²) in [6.45, 7) is 4.51. The third-order valence-electron chi connectivity index (χ3n) is 5.22. The Hall–Kier alpha value is -3.32. The Morgan fingerprint density at radius 1 is 0.939 bits per heavy atom. The lowest BCUT2D eigenvalue weighted by atomic mass is 10.1. The van der Waals surface area contributed by atoms with E-state index in [1.165, 1.54) is 16.4 Å². The highest BCUT2D eigenvalue weighted by Crippen LogP contribution is 2.26. The number of hydrogen-bond donors (Lipinski definition) is 1. The molecule has 0 radical (unpaired) electrons. The van der Waals surface area contributed by atoms with Crippen LogP contribution in [0.2, 0.25) is 0 Å². The Morgan fingerprint density at radius 2 is 1.61 bits per heavy atom. The van der Waals surface area contributed by atoms with E-state index < -0.39 is 10.0 Å². The highest BCUT2D eigenvalue weighted by Gasteiger charge is 2.27. The fraction of sp³-hybridized carbons (Fsp3) is 0.269. The molecule has 3 aromatic carbocycles. The molecule has 0 atom stereocenters. The summed E-state index contributed by atoms with van der Waals surface area (Å²) >= 11 is 0. The predicted octanol–water partition coefficient (Wildman–Crippen LogP) is 4.34. The van der Waals surface area contributed by atoms with E-state index in [0.717, 1.165) is 23.3 Å². The van der Waals surface area contributed by atoms with Crippen LogP contribution in [0, 0.1) is 6.92 Å². The molecular weight excluding hydrogens is 436 g/mol. The summed E-state index contributed by atoms with van der Waals surface area (Å²) in [5.41, 5.74) is 2.35. The van der Waals surface area contributed by atoms with Crippen LogP contribution in [0.3, 0.4) is 0 Å². The van der Waals surface area contributed by atoms with Crippen molar-refractivity contribution in [3.8, 4) is 5.75 Å². The Labute approximate surface area is 196 Å². The predicted molar refractivity (Wildman–Crippen MR) is 131 cm³/mol. The van der Waals surface area contributed by atoms with Crippen molar-refractivity contribution in [2.75, 3.05) is 24.0 Å². The zero-order valence-corrected chi connectivity index (χ0v) is 19.8. The molecule has 0 saturated carbocycles. The second-order valence-electron chi connectivity index (χ2n) is 7.61. The van der Waals surface area contributed by atoms with Gasteiger partial charge in [-0.25, -0.2) is 8.42 Å². The van der Waals surface area contributed by atoms with Crippen LogP contribution >= 0.6 is 0 Å². The van der Waals surface area contributed by atoms with Gasteiger partial charge >= 0.3 is 0 Å². The first-order valence-electron chi connectivity index (χ1n) is 11.0. The zero-order chi connectivity index (χ0) is 23.7. The van der Waals surface area contributed by atoms with E-state index in [1.54, 1.807) is 30.3 Å². The average Bonchev–Trinajstić information content (AvgIpc) is 2.82. The third-order valence-corrected chi connectivity index (χ3v) is 6.99. The van der Waals surface area contributed by atoms with Gasteiger partial charge in [-0.05, 0) is 62.1 Å². The Bertz CT molecular complexity index is 1160. The SMILES string of the molecule is CCOc1ccccc1CCCNC(=O)CN(c1ccccc1C)S(=O)(=O)c1ccccc1. The van der Waals surface area contributed by atoms with Gasteiger partial charge in [0.25, 0.3) is 10.0 Å². The number of anilines is 1. The summed E-state index contributed by atoms with van der Waals surface area (Å²) in [6.07, 6.45) is 1.46. The molecule has 0 saturated heterocycles. The average molecular weight is 467 g/mol. The smallest absolute Gasteiger partial charge is 0.264 e. The van der Waals surface area contributed by atoms with Gasteiger partial charge in [0.05, 0.1) is 17.2 Å². The number of benzene rings is 3. The number of nitrogens with one attached hydrogen (secondary N) is 1. The maximum absolute atomic E-state index is 13.4. The molecule has 3 rings (SSSR count). The van der Waals surface area contributed by atoms with Crippen molar-refractivity contribution >= 4 is 21.6 Å². The first-order valence-corrected chi connectivity index (χ1v) is 12.5. The maximum atomic E-state index is 13.4. The summed E-state index contributed by atoms with van der Waals surface area (Å²) in [5, 5.41) is 2.86. The molecule has 33 heavy (non-hydrogen) atoms. The molecular formula is C26H30N2O4S. The second-order valence-corrected chi connectivity index (χ2v) is 9.47. The number of nitrogens with zero attached hydrogens (tertiary/aromatic N) is 1. The van der Waals surface area contributed by atoms with Crippen LogP contribution in [0.5, 0.6) is 5.75 Å². The number of carbonyl (C=O) groups is 1. The van der Waals surface area contributed by atoms with Gasteiger partial charge in [0.2, 0.25) is 5.91 Å². The number of carbonyl (C=O) groups excluding carboxylic acids is 1. The van der Waals surface area contributed by atoms with Gasteiger partial charge in [-0.3, -0.25) is 9.10 Å². The van der Waals surface area contributed by atoms with Crippen LogP contribution in [0.25, 0.3) is 0 Å². The van der Waals surface area contributed by atoms with E-state index in [1.807, 2.05) is 50.2 Å². The minimum atomic E-state index is -3.90. The lowest BCUT2D eigenvalue weighted by Gasteiger charge is -2.25. The molecule has 0 aliphatic heterocycles. The third kappa shape index (κ3) is 6.35. The largest absolute Gasteiger partial charge is 0.494 e. The van der Waals surface area contributed by atoms with E-state index in [0.29, 0.717) is 25.3 Å². The molecule has 0 aromatic heterocycles. The number of amides is 1. The minimum Gasteiger partial charge on any atom is -0.494 e. The molecule has 7 heteroatoms. The number of para-hydroxylation sites is 2. The van der Waals surface area contributed by atoms with E-state index >= 15 is 0 Å². The van der Waals surface area contributed by atoms with Crippen LogP contribution in [0.1, 0.15) is 24.5 Å². The molecule has 174 valence electrons. The number of ether oxygens (including phenoxy) is 1. The molecule has 0 bridgehead atoms. The van der Waals surface area contributed by atoms with Crippen molar-refractivity contribution in [1.82, 2.24) is 5.32 Å². The summed E-state index contributed by atoms with van der Waals surface area (Å²) < 4.78 is 33.6. The molecule has 0 heterocycles. The van der Waals surface area contributed by atoms with Crippen LogP contribution in [-0.4, -0.2) is 34.0 Å². The molecule has 1 amide bonds.